The fourth-order valence-electron chi connectivity index (χ4n) is 2.92. The molecule has 0 radical (unpaired) electrons. The number of carbonyl (C=O) groups is 1. The third-order valence-corrected chi connectivity index (χ3v) is 5.96. The number of ether oxygens (including phenoxy) is 2. The van der Waals surface area contributed by atoms with Crippen molar-refractivity contribution in [2.24, 2.45) is 5.41 Å². The molecule has 1 fully saturated rings. The van der Waals surface area contributed by atoms with Gasteiger partial charge in [0.05, 0.1) is 7.11 Å². The van der Waals surface area contributed by atoms with Gasteiger partial charge in [0.2, 0.25) is 0 Å². The zero-order valence-electron chi connectivity index (χ0n) is 15.1. The average molecular weight is 340 g/mol. The van der Waals surface area contributed by atoms with E-state index in [1.807, 2.05) is 10.8 Å². The highest BCUT2D eigenvalue weighted by Crippen LogP contribution is 2.47. The first-order chi connectivity index (χ1) is 10.7. The zero-order chi connectivity index (χ0) is 17.3. The molecule has 1 aliphatic heterocycles. The maximum absolute atomic E-state index is 11.9. The Morgan fingerprint density at radius 2 is 2.13 bits per heavy atom. The summed E-state index contributed by atoms with van der Waals surface area (Å²) in [6.45, 7) is 13.2. The van der Waals surface area contributed by atoms with Gasteiger partial charge in [0.15, 0.2) is 0 Å². The van der Waals surface area contributed by atoms with Crippen molar-refractivity contribution in [1.29, 1.82) is 0 Å². The normalized spacial score (nSPS) is 20.3. The monoisotopic (exact) mass is 339 g/mol. The van der Waals surface area contributed by atoms with E-state index >= 15 is 0 Å². The van der Waals surface area contributed by atoms with Crippen molar-refractivity contribution < 1.29 is 14.3 Å². The molecule has 23 heavy (non-hydrogen) atoms. The Morgan fingerprint density at radius 3 is 2.70 bits per heavy atom. The van der Waals surface area contributed by atoms with E-state index < -0.39 is 8.07 Å². The number of hydrogen-bond donors (Lipinski definition) is 0. The van der Waals surface area contributed by atoms with Crippen LogP contribution in [0.3, 0.4) is 0 Å². The predicted molar refractivity (Wildman–Crippen MR) is 92.0 cm³/mol. The van der Waals surface area contributed by atoms with Gasteiger partial charge in [-0.25, -0.2) is 9.78 Å². The van der Waals surface area contributed by atoms with Crippen molar-refractivity contribution in [3.63, 3.8) is 0 Å². The van der Waals surface area contributed by atoms with Crippen LogP contribution >= 0.6 is 0 Å². The van der Waals surface area contributed by atoms with Gasteiger partial charge in [-0.05, 0) is 6.04 Å². The van der Waals surface area contributed by atoms with Gasteiger partial charge in [0.1, 0.15) is 18.6 Å². The molecule has 1 unspecified atom stereocenters. The van der Waals surface area contributed by atoms with Crippen molar-refractivity contribution in [2.45, 2.75) is 52.3 Å². The van der Waals surface area contributed by atoms with Crippen LogP contribution in [-0.4, -0.2) is 48.9 Å². The minimum Gasteiger partial charge on any atom is -0.453 e. The van der Waals surface area contributed by atoms with Gasteiger partial charge in [0, 0.05) is 39.0 Å². The average Bonchev–Trinajstić information content (AvgIpc) is 2.87. The Labute approximate surface area is 139 Å². The van der Waals surface area contributed by atoms with Gasteiger partial charge in [0.25, 0.3) is 0 Å². The van der Waals surface area contributed by atoms with E-state index in [1.54, 1.807) is 11.1 Å². The van der Waals surface area contributed by atoms with Gasteiger partial charge >= 0.3 is 6.09 Å². The van der Waals surface area contributed by atoms with E-state index in [-0.39, 0.29) is 17.6 Å². The second-order valence-electron chi connectivity index (χ2n) is 8.09. The largest absolute Gasteiger partial charge is 0.453 e. The van der Waals surface area contributed by atoms with Crippen LogP contribution in [0.2, 0.25) is 25.7 Å². The zero-order valence-corrected chi connectivity index (χ0v) is 16.1. The molecule has 0 aromatic carbocycles. The van der Waals surface area contributed by atoms with Crippen LogP contribution < -0.4 is 0 Å². The number of hydrogen-bond acceptors (Lipinski definition) is 4. The maximum Gasteiger partial charge on any atom is 0.410 e. The van der Waals surface area contributed by atoms with Gasteiger partial charge in [-0.3, -0.25) is 4.90 Å². The Hall–Kier alpha value is -1.34. The summed E-state index contributed by atoms with van der Waals surface area (Å²) in [5, 5.41) is 0. The van der Waals surface area contributed by atoms with Crippen molar-refractivity contribution in [2.75, 3.05) is 20.3 Å². The summed E-state index contributed by atoms with van der Waals surface area (Å²) < 4.78 is 12.7. The summed E-state index contributed by atoms with van der Waals surface area (Å²) in [5.41, 5.74) is -0.0182. The minimum absolute atomic E-state index is 0.0182. The molecule has 6 nitrogen and oxygen atoms in total. The van der Waals surface area contributed by atoms with Crippen LogP contribution in [0.4, 0.5) is 4.79 Å². The molecule has 0 bridgehead atoms. The van der Waals surface area contributed by atoms with Crippen molar-refractivity contribution >= 4 is 14.2 Å². The molecule has 0 N–H and O–H groups in total. The number of methoxy groups -OCH3 is 1. The standard InChI is InChI=1S/C16H29N3O3Si/c1-16(2)11-19(15(20)21-3)13(16)14-17-7-8-18(14)12-22-9-10-23(4,5)6/h7-8,13H,9-12H2,1-6H3. The van der Waals surface area contributed by atoms with Crippen LogP contribution in [0.25, 0.3) is 0 Å². The summed E-state index contributed by atoms with van der Waals surface area (Å²) in [4.78, 5) is 18.1. The van der Waals surface area contributed by atoms with Crippen LogP contribution in [0.5, 0.6) is 0 Å². The summed E-state index contributed by atoms with van der Waals surface area (Å²) >= 11 is 0. The van der Waals surface area contributed by atoms with E-state index in [9.17, 15) is 4.79 Å². The van der Waals surface area contributed by atoms with E-state index in [0.717, 1.165) is 18.5 Å². The van der Waals surface area contributed by atoms with E-state index in [2.05, 4.69) is 38.5 Å². The third-order valence-electron chi connectivity index (χ3n) is 4.26. The number of likely N-dealkylation sites (tertiary alicyclic amines) is 1. The first-order valence-electron chi connectivity index (χ1n) is 8.09. The first kappa shape index (κ1) is 18.0. The molecular formula is C16H29N3O3Si. The molecule has 130 valence electrons. The molecule has 1 amide bonds. The lowest BCUT2D eigenvalue weighted by molar-refractivity contribution is -0.0485. The number of aromatic nitrogens is 2. The van der Waals surface area contributed by atoms with Crippen LogP contribution in [0.15, 0.2) is 12.4 Å². The molecular weight excluding hydrogens is 310 g/mol. The quantitative estimate of drug-likeness (QED) is 0.589. The first-order valence-corrected chi connectivity index (χ1v) is 11.8. The SMILES string of the molecule is COC(=O)N1CC(C)(C)C1c1nccn1COCC[Si](C)(C)C. The molecule has 0 aliphatic carbocycles. The molecule has 2 heterocycles. The Bertz CT molecular complexity index is 551. The highest BCUT2D eigenvalue weighted by molar-refractivity contribution is 6.76. The van der Waals surface area contributed by atoms with E-state index in [1.165, 1.54) is 7.11 Å². The number of rotatable bonds is 6. The number of imidazole rings is 1. The minimum atomic E-state index is -1.08. The summed E-state index contributed by atoms with van der Waals surface area (Å²) in [6, 6.07) is 1.06. The Morgan fingerprint density at radius 1 is 1.43 bits per heavy atom. The molecule has 0 saturated carbocycles. The smallest absolute Gasteiger partial charge is 0.410 e. The predicted octanol–water partition coefficient (Wildman–Crippen LogP) is 3.34. The Balaban J connectivity index is 2.03. The molecule has 2 rings (SSSR count). The lowest BCUT2D eigenvalue weighted by Gasteiger charge is -2.52. The van der Waals surface area contributed by atoms with Crippen LogP contribution in [0.1, 0.15) is 25.7 Å². The van der Waals surface area contributed by atoms with Gasteiger partial charge < -0.3 is 14.0 Å². The lowest BCUT2D eigenvalue weighted by atomic mass is 9.74. The summed E-state index contributed by atoms with van der Waals surface area (Å²) in [6.07, 6.45) is 3.37. The second-order valence-corrected chi connectivity index (χ2v) is 13.7. The number of carbonyl (C=O) groups excluding carboxylic acids is 1. The topological polar surface area (TPSA) is 56.6 Å². The second kappa shape index (κ2) is 6.65. The lowest BCUT2D eigenvalue weighted by Crippen LogP contribution is -2.58. The maximum atomic E-state index is 11.9. The highest BCUT2D eigenvalue weighted by atomic mass is 28.3. The van der Waals surface area contributed by atoms with Gasteiger partial charge in [-0.2, -0.15) is 0 Å². The molecule has 0 spiro atoms. The fourth-order valence-corrected chi connectivity index (χ4v) is 3.68. The molecule has 7 heteroatoms. The van der Waals surface area contributed by atoms with Crippen molar-refractivity contribution in [3.8, 4) is 0 Å². The number of amides is 1. The fraction of sp³-hybridized carbons (Fsp3) is 0.750. The molecule has 1 atom stereocenters. The Kier molecular flexibility index (Phi) is 5.20. The van der Waals surface area contributed by atoms with Crippen molar-refractivity contribution in [1.82, 2.24) is 14.5 Å². The van der Waals surface area contributed by atoms with Gasteiger partial charge in [-0.1, -0.05) is 33.5 Å². The molecule has 1 saturated heterocycles. The van der Waals surface area contributed by atoms with E-state index in [4.69, 9.17) is 9.47 Å². The van der Waals surface area contributed by atoms with Gasteiger partial charge in [-0.15, -0.1) is 0 Å². The van der Waals surface area contributed by atoms with Crippen LogP contribution in [0, 0.1) is 5.41 Å². The number of nitrogens with zero attached hydrogens (tertiary/aromatic N) is 3. The highest BCUT2D eigenvalue weighted by Gasteiger charge is 2.51. The molecule has 1 aromatic heterocycles. The van der Waals surface area contributed by atoms with Crippen molar-refractivity contribution in [3.05, 3.63) is 18.2 Å². The molecule has 1 aromatic rings. The third kappa shape index (κ3) is 4.14. The summed E-state index contributed by atoms with van der Waals surface area (Å²) in [7, 11) is 0.330. The summed E-state index contributed by atoms with van der Waals surface area (Å²) in [5.74, 6) is 0.861. The molecule has 1 aliphatic rings. The van der Waals surface area contributed by atoms with Crippen LogP contribution in [-0.2, 0) is 16.2 Å². The van der Waals surface area contributed by atoms with E-state index in [0.29, 0.717) is 13.3 Å².